The van der Waals surface area contributed by atoms with E-state index in [1.165, 1.54) is 12.3 Å². The summed E-state index contributed by atoms with van der Waals surface area (Å²) >= 11 is 5.77. The van der Waals surface area contributed by atoms with Crippen LogP contribution < -0.4 is 11.1 Å². The highest BCUT2D eigenvalue weighted by molar-refractivity contribution is 6.33. The lowest BCUT2D eigenvalue weighted by Gasteiger charge is -2.03. The van der Waals surface area contributed by atoms with Gasteiger partial charge in [-0.1, -0.05) is 11.6 Å². The van der Waals surface area contributed by atoms with Crippen LogP contribution in [0.4, 0.5) is 5.82 Å². The summed E-state index contributed by atoms with van der Waals surface area (Å²) in [6, 6.07) is 3.28. The fourth-order valence-electron chi connectivity index (χ4n) is 0.826. The number of nitrogens with zero attached hydrogens (tertiary/aromatic N) is 2. The molecule has 1 amide bonds. The molecule has 6 heteroatoms. The van der Waals surface area contributed by atoms with Crippen LogP contribution in [0.15, 0.2) is 12.3 Å². The van der Waals surface area contributed by atoms with Gasteiger partial charge in [-0.3, -0.25) is 4.79 Å². The van der Waals surface area contributed by atoms with Crippen LogP contribution in [-0.4, -0.2) is 17.4 Å². The van der Waals surface area contributed by atoms with Gasteiger partial charge in [0.15, 0.2) is 0 Å². The third-order valence-electron chi connectivity index (χ3n) is 1.46. The molecule has 14 heavy (non-hydrogen) atoms. The number of pyridine rings is 1. The van der Waals surface area contributed by atoms with Gasteiger partial charge in [0.1, 0.15) is 12.4 Å². The number of carbonyl (C=O) groups is 1. The first kappa shape index (κ1) is 10.3. The van der Waals surface area contributed by atoms with Crippen LogP contribution in [0.25, 0.3) is 0 Å². The van der Waals surface area contributed by atoms with Crippen molar-refractivity contribution in [2.75, 3.05) is 11.9 Å². The molecule has 1 aromatic heterocycles. The molecule has 0 aliphatic heterocycles. The number of nitrogens with two attached hydrogens (primary N) is 1. The fraction of sp³-hybridized carbons (Fsp3) is 0.125. The van der Waals surface area contributed by atoms with Crippen LogP contribution in [0.3, 0.4) is 0 Å². The maximum atomic E-state index is 10.7. The van der Waals surface area contributed by atoms with Gasteiger partial charge < -0.3 is 11.1 Å². The van der Waals surface area contributed by atoms with Gasteiger partial charge in [0.05, 0.1) is 16.7 Å². The van der Waals surface area contributed by atoms with Gasteiger partial charge in [0, 0.05) is 6.20 Å². The molecular weight excluding hydrogens is 204 g/mol. The van der Waals surface area contributed by atoms with Crippen molar-refractivity contribution in [2.45, 2.75) is 0 Å². The monoisotopic (exact) mass is 210 g/mol. The molecule has 0 fully saturated rings. The SMILES string of the molecule is N#CCNc1ncc(C(N)=O)cc1Cl. The molecule has 0 radical (unpaired) electrons. The van der Waals surface area contributed by atoms with Gasteiger partial charge in [-0.05, 0) is 6.07 Å². The summed E-state index contributed by atoms with van der Waals surface area (Å²) in [4.78, 5) is 14.6. The molecule has 1 aromatic rings. The summed E-state index contributed by atoms with van der Waals surface area (Å²) < 4.78 is 0. The van der Waals surface area contributed by atoms with E-state index in [0.717, 1.165) is 0 Å². The van der Waals surface area contributed by atoms with Crippen LogP contribution in [-0.2, 0) is 0 Å². The standard InChI is InChI=1S/C8H7ClN4O/c9-6-3-5(7(11)14)4-13-8(6)12-2-1-10/h3-4H,2H2,(H2,11,14)(H,12,13). The number of nitriles is 1. The molecule has 1 rings (SSSR count). The minimum atomic E-state index is -0.591. The second kappa shape index (κ2) is 4.44. The normalized spacial score (nSPS) is 9.14. The summed E-state index contributed by atoms with van der Waals surface area (Å²) in [6.07, 6.45) is 1.30. The number of aromatic nitrogens is 1. The molecule has 0 aliphatic rings. The molecule has 0 bridgehead atoms. The topological polar surface area (TPSA) is 91.8 Å². The van der Waals surface area contributed by atoms with Gasteiger partial charge in [0.2, 0.25) is 5.91 Å². The number of primary amides is 1. The molecule has 1 heterocycles. The van der Waals surface area contributed by atoms with E-state index in [4.69, 9.17) is 22.6 Å². The third kappa shape index (κ3) is 2.34. The first-order valence-electron chi connectivity index (χ1n) is 3.71. The van der Waals surface area contributed by atoms with Crippen LogP contribution in [0, 0.1) is 11.3 Å². The Morgan fingerprint density at radius 2 is 2.50 bits per heavy atom. The average Bonchev–Trinajstić information content (AvgIpc) is 2.15. The van der Waals surface area contributed by atoms with Crippen molar-refractivity contribution in [2.24, 2.45) is 5.73 Å². The number of anilines is 1. The lowest BCUT2D eigenvalue weighted by molar-refractivity contribution is 0.1000. The zero-order valence-corrected chi connectivity index (χ0v) is 7.88. The van der Waals surface area contributed by atoms with Gasteiger partial charge >= 0.3 is 0 Å². The Morgan fingerprint density at radius 1 is 1.79 bits per heavy atom. The second-order valence-electron chi connectivity index (χ2n) is 2.43. The van der Waals surface area contributed by atoms with E-state index in [-0.39, 0.29) is 17.1 Å². The first-order valence-corrected chi connectivity index (χ1v) is 4.09. The number of rotatable bonds is 3. The molecule has 72 valence electrons. The molecule has 5 nitrogen and oxygen atoms in total. The molecule has 0 spiro atoms. The number of hydrogen-bond donors (Lipinski definition) is 2. The van der Waals surface area contributed by atoms with Crippen molar-refractivity contribution in [1.29, 1.82) is 5.26 Å². The largest absolute Gasteiger partial charge is 0.366 e. The lowest BCUT2D eigenvalue weighted by Crippen LogP contribution is -2.12. The maximum Gasteiger partial charge on any atom is 0.250 e. The predicted octanol–water partition coefficient (Wildman–Crippen LogP) is 0.769. The molecule has 0 saturated carbocycles. The van der Waals surface area contributed by atoms with Crippen LogP contribution >= 0.6 is 11.6 Å². The van der Waals surface area contributed by atoms with Crippen molar-refractivity contribution < 1.29 is 4.79 Å². The third-order valence-corrected chi connectivity index (χ3v) is 1.75. The predicted molar refractivity (Wildman–Crippen MR) is 51.9 cm³/mol. The maximum absolute atomic E-state index is 10.7. The molecule has 0 unspecified atom stereocenters. The van der Waals surface area contributed by atoms with E-state index in [2.05, 4.69) is 10.3 Å². The van der Waals surface area contributed by atoms with Crippen molar-refractivity contribution in [3.05, 3.63) is 22.8 Å². The van der Waals surface area contributed by atoms with Crippen molar-refractivity contribution in [1.82, 2.24) is 4.98 Å². The van der Waals surface area contributed by atoms with Crippen molar-refractivity contribution in [3.63, 3.8) is 0 Å². The van der Waals surface area contributed by atoms with Gasteiger partial charge in [0.25, 0.3) is 0 Å². The Balaban J connectivity index is 2.91. The Bertz CT molecular complexity index is 399. The summed E-state index contributed by atoms with van der Waals surface area (Å²) in [5.74, 6) is -0.232. The minimum Gasteiger partial charge on any atom is -0.366 e. The highest BCUT2D eigenvalue weighted by Gasteiger charge is 2.05. The van der Waals surface area contributed by atoms with Gasteiger partial charge in [-0.25, -0.2) is 4.98 Å². The smallest absolute Gasteiger partial charge is 0.250 e. The number of carbonyl (C=O) groups excluding carboxylic acids is 1. The summed E-state index contributed by atoms with van der Waals surface area (Å²) in [6.45, 7) is 0.0998. The van der Waals surface area contributed by atoms with E-state index >= 15 is 0 Å². The Labute approximate surface area is 85.5 Å². The second-order valence-corrected chi connectivity index (χ2v) is 2.84. The van der Waals surface area contributed by atoms with Crippen LogP contribution in [0.2, 0.25) is 5.02 Å². The Morgan fingerprint density at radius 3 is 3.00 bits per heavy atom. The van der Waals surface area contributed by atoms with E-state index < -0.39 is 5.91 Å². The summed E-state index contributed by atoms with van der Waals surface area (Å²) in [7, 11) is 0. The summed E-state index contributed by atoms with van der Waals surface area (Å²) in [5, 5.41) is 11.2. The molecule has 3 N–H and O–H groups in total. The average molecular weight is 211 g/mol. The van der Waals surface area contributed by atoms with Crippen molar-refractivity contribution >= 4 is 23.3 Å². The van der Waals surface area contributed by atoms with Crippen molar-refractivity contribution in [3.8, 4) is 6.07 Å². The molecule has 0 atom stereocenters. The van der Waals surface area contributed by atoms with Crippen LogP contribution in [0.1, 0.15) is 10.4 Å². The summed E-state index contributed by atoms with van der Waals surface area (Å²) in [5.41, 5.74) is 5.26. The molecule has 0 aliphatic carbocycles. The lowest BCUT2D eigenvalue weighted by atomic mass is 10.3. The quantitative estimate of drug-likeness (QED) is 0.721. The fourth-order valence-corrected chi connectivity index (χ4v) is 1.06. The molecule has 0 saturated heterocycles. The molecule has 0 aromatic carbocycles. The van der Waals surface area contributed by atoms with E-state index in [0.29, 0.717) is 5.82 Å². The molecular formula is C8H7ClN4O. The Hall–Kier alpha value is -1.80. The van der Waals surface area contributed by atoms with Gasteiger partial charge in [-0.15, -0.1) is 0 Å². The zero-order chi connectivity index (χ0) is 10.6. The highest BCUT2D eigenvalue weighted by Crippen LogP contribution is 2.19. The van der Waals surface area contributed by atoms with E-state index in [1.54, 1.807) is 0 Å². The number of halogens is 1. The highest BCUT2D eigenvalue weighted by atomic mass is 35.5. The number of hydrogen-bond acceptors (Lipinski definition) is 4. The van der Waals surface area contributed by atoms with Crippen LogP contribution in [0.5, 0.6) is 0 Å². The number of amides is 1. The van der Waals surface area contributed by atoms with Gasteiger partial charge in [-0.2, -0.15) is 5.26 Å². The first-order chi connectivity index (χ1) is 6.65. The van der Waals surface area contributed by atoms with E-state index in [9.17, 15) is 4.79 Å². The van der Waals surface area contributed by atoms with E-state index in [1.807, 2.05) is 6.07 Å². The minimum absolute atomic E-state index is 0.0998. The zero-order valence-electron chi connectivity index (χ0n) is 7.12. The Kier molecular flexibility index (Phi) is 3.26. The number of nitrogens with one attached hydrogen (secondary N) is 1.